The van der Waals surface area contributed by atoms with E-state index in [9.17, 15) is 24.3 Å². The van der Waals surface area contributed by atoms with Crippen LogP contribution in [0.3, 0.4) is 0 Å². The van der Waals surface area contributed by atoms with E-state index >= 15 is 4.39 Å². The SMILES string of the molecule is Cc1cn([C@@H]2O[C@H](CO[P@](=S)(N[C@@H](C)C(=O)OC(C)C)OCCSC(=O)C(C)(C)C)[C@@H](O)[C@@]2(F)Cl)c(=O)[nH]c1=O. The van der Waals surface area contributed by atoms with Gasteiger partial charge in [0.05, 0.1) is 19.3 Å². The van der Waals surface area contributed by atoms with Crippen LogP contribution in [-0.2, 0) is 39.9 Å². The van der Waals surface area contributed by atoms with Crippen LogP contribution < -0.4 is 16.3 Å². The second-order valence-electron chi connectivity index (χ2n) is 10.5. The van der Waals surface area contributed by atoms with E-state index in [0.29, 0.717) is 0 Å². The van der Waals surface area contributed by atoms with Gasteiger partial charge in [0.1, 0.15) is 18.2 Å². The molecule has 0 aliphatic carbocycles. The summed E-state index contributed by atoms with van der Waals surface area (Å²) in [5, 5.41) is 10.3. The monoisotopic (exact) mass is 647 g/mol. The van der Waals surface area contributed by atoms with Crippen molar-refractivity contribution in [1.29, 1.82) is 0 Å². The number of thioether (sulfide) groups is 1. The molecule has 0 radical (unpaired) electrons. The fourth-order valence-electron chi connectivity index (χ4n) is 3.28. The van der Waals surface area contributed by atoms with Crippen molar-refractivity contribution in [1.82, 2.24) is 14.6 Å². The molecule has 2 heterocycles. The molecule has 1 aliphatic rings. The zero-order valence-corrected chi connectivity index (χ0v) is 26.5. The van der Waals surface area contributed by atoms with Crippen LogP contribution in [0.4, 0.5) is 4.39 Å². The first-order valence-corrected chi connectivity index (χ1v) is 16.4. The largest absolute Gasteiger partial charge is 0.462 e. The summed E-state index contributed by atoms with van der Waals surface area (Å²) in [6.07, 6.45) is -4.55. The summed E-state index contributed by atoms with van der Waals surface area (Å²) in [5.74, 6) is -0.388. The maximum absolute atomic E-state index is 15.4. The Morgan fingerprint density at radius 2 is 1.98 bits per heavy atom. The first-order chi connectivity index (χ1) is 18.3. The van der Waals surface area contributed by atoms with Gasteiger partial charge in [-0.15, -0.1) is 0 Å². The second-order valence-corrected chi connectivity index (χ2v) is 15.3. The fraction of sp³-hybridized carbons (Fsp3) is 0.739. The molecule has 40 heavy (non-hydrogen) atoms. The summed E-state index contributed by atoms with van der Waals surface area (Å²) in [7, 11) is 0. The van der Waals surface area contributed by atoms with E-state index in [2.05, 4.69) is 5.09 Å². The van der Waals surface area contributed by atoms with Crippen LogP contribution >= 0.6 is 30.0 Å². The van der Waals surface area contributed by atoms with E-state index in [4.69, 9.17) is 41.9 Å². The van der Waals surface area contributed by atoms with Gasteiger partial charge < -0.3 is 23.6 Å². The van der Waals surface area contributed by atoms with Crippen LogP contribution in [0.15, 0.2) is 15.8 Å². The number of H-pyrrole nitrogens is 1. The quantitative estimate of drug-likeness (QED) is 0.132. The number of carbonyl (C=O) groups excluding carboxylic acids is 2. The highest BCUT2D eigenvalue weighted by Gasteiger charge is 2.58. The van der Waals surface area contributed by atoms with Gasteiger partial charge in [0, 0.05) is 22.9 Å². The van der Waals surface area contributed by atoms with Crippen LogP contribution in [0, 0.1) is 12.3 Å². The molecule has 0 aromatic carbocycles. The number of rotatable bonds is 12. The molecule has 3 N–H and O–H groups in total. The highest BCUT2D eigenvalue weighted by molar-refractivity contribution is 8.13. The first-order valence-electron chi connectivity index (χ1n) is 12.4. The van der Waals surface area contributed by atoms with Gasteiger partial charge in [-0.2, -0.15) is 0 Å². The lowest BCUT2D eigenvalue weighted by molar-refractivity contribution is -0.149. The van der Waals surface area contributed by atoms with E-state index < -0.39 is 71.6 Å². The number of halogens is 2. The van der Waals surface area contributed by atoms with E-state index in [1.54, 1.807) is 34.6 Å². The molecular weight excluding hydrogens is 612 g/mol. The average Bonchev–Trinajstić information content (AvgIpc) is 3.05. The normalized spacial score (nSPS) is 25.5. The Bertz CT molecular complexity index is 1240. The van der Waals surface area contributed by atoms with Crippen molar-refractivity contribution >= 4 is 52.9 Å². The minimum atomic E-state index is -3.52. The molecule has 1 aromatic heterocycles. The fourth-order valence-corrected chi connectivity index (χ4v) is 6.85. The molecule has 0 amide bonds. The third kappa shape index (κ3) is 9.17. The molecule has 17 heteroatoms. The van der Waals surface area contributed by atoms with Gasteiger partial charge in [-0.25, -0.2) is 14.3 Å². The minimum Gasteiger partial charge on any atom is -0.462 e. The van der Waals surface area contributed by atoms with E-state index in [1.165, 1.54) is 13.8 Å². The zero-order chi connectivity index (χ0) is 30.6. The maximum Gasteiger partial charge on any atom is 0.330 e. The molecule has 0 saturated carbocycles. The molecule has 1 aromatic rings. The number of hydrogen-bond donors (Lipinski definition) is 3. The van der Waals surface area contributed by atoms with Crippen molar-refractivity contribution in [3.8, 4) is 0 Å². The third-order valence-corrected chi connectivity index (χ3v) is 9.75. The van der Waals surface area contributed by atoms with E-state index in [0.717, 1.165) is 22.5 Å². The Hall–Kier alpha value is -1.16. The lowest BCUT2D eigenvalue weighted by Gasteiger charge is -2.28. The molecule has 1 fully saturated rings. The van der Waals surface area contributed by atoms with Gasteiger partial charge in [0.25, 0.3) is 17.3 Å². The molecule has 6 atom stereocenters. The Labute approximate surface area is 245 Å². The molecule has 12 nitrogen and oxygen atoms in total. The summed E-state index contributed by atoms with van der Waals surface area (Å²) in [5.41, 5.74) is -2.14. The van der Waals surface area contributed by atoms with Gasteiger partial charge in [-0.1, -0.05) is 44.1 Å². The molecule has 0 unspecified atom stereocenters. The summed E-state index contributed by atoms with van der Waals surface area (Å²) in [4.78, 5) is 50.6. The summed E-state index contributed by atoms with van der Waals surface area (Å²) in [6.45, 7) is 7.49. The van der Waals surface area contributed by atoms with Crippen LogP contribution in [0.2, 0.25) is 0 Å². The van der Waals surface area contributed by atoms with Crippen molar-refractivity contribution in [3.05, 3.63) is 32.6 Å². The number of aromatic amines is 1. The van der Waals surface area contributed by atoms with Crippen LogP contribution in [0.1, 0.15) is 53.3 Å². The van der Waals surface area contributed by atoms with E-state index in [1.807, 2.05) is 4.98 Å². The molecular formula is C23H36ClFN3O9PS2. The van der Waals surface area contributed by atoms with Crippen LogP contribution in [0.25, 0.3) is 0 Å². The van der Waals surface area contributed by atoms with Crippen molar-refractivity contribution < 1.29 is 37.6 Å². The molecule has 0 spiro atoms. The lowest BCUT2D eigenvalue weighted by Crippen LogP contribution is -2.42. The highest BCUT2D eigenvalue weighted by Crippen LogP contribution is 2.48. The highest BCUT2D eigenvalue weighted by atomic mass is 35.5. The van der Waals surface area contributed by atoms with E-state index in [-0.39, 0.29) is 23.0 Å². The Morgan fingerprint density at radius 1 is 1.35 bits per heavy atom. The Morgan fingerprint density at radius 3 is 2.55 bits per heavy atom. The van der Waals surface area contributed by atoms with Gasteiger partial charge in [0.2, 0.25) is 0 Å². The smallest absolute Gasteiger partial charge is 0.330 e. The number of carbonyl (C=O) groups is 2. The number of esters is 1. The van der Waals surface area contributed by atoms with Crippen molar-refractivity contribution in [3.63, 3.8) is 0 Å². The minimum absolute atomic E-state index is 0.0337. The van der Waals surface area contributed by atoms with Gasteiger partial charge in [0.15, 0.2) is 11.3 Å². The lowest BCUT2D eigenvalue weighted by atomic mass is 10.00. The van der Waals surface area contributed by atoms with Gasteiger partial charge in [-0.05, 0) is 39.5 Å². The number of aliphatic hydroxyl groups excluding tert-OH is 1. The molecule has 0 bridgehead atoms. The predicted octanol–water partition coefficient (Wildman–Crippen LogP) is 2.50. The molecule has 2 rings (SSSR count). The first kappa shape index (κ1) is 35.0. The summed E-state index contributed by atoms with van der Waals surface area (Å²) >= 11 is 12.6. The number of nitrogens with zero attached hydrogens (tertiary/aromatic N) is 1. The topological polar surface area (TPSA) is 158 Å². The van der Waals surface area contributed by atoms with Crippen molar-refractivity contribution in [2.75, 3.05) is 19.0 Å². The molecule has 228 valence electrons. The zero-order valence-electron chi connectivity index (χ0n) is 23.3. The Balaban J connectivity index is 2.19. The van der Waals surface area contributed by atoms with Crippen molar-refractivity contribution in [2.24, 2.45) is 5.41 Å². The number of alkyl halides is 2. The van der Waals surface area contributed by atoms with Crippen molar-refractivity contribution in [2.45, 2.75) is 84.2 Å². The maximum atomic E-state index is 15.4. The predicted molar refractivity (Wildman–Crippen MR) is 153 cm³/mol. The van der Waals surface area contributed by atoms with Gasteiger partial charge in [-0.3, -0.25) is 23.9 Å². The second kappa shape index (κ2) is 13.9. The average molecular weight is 648 g/mol. The summed E-state index contributed by atoms with van der Waals surface area (Å²) in [6, 6.07) is -0.963. The number of ether oxygens (including phenoxy) is 2. The third-order valence-electron chi connectivity index (χ3n) is 5.43. The van der Waals surface area contributed by atoms with Crippen LogP contribution in [0.5, 0.6) is 0 Å². The standard InChI is InChI=1S/C23H36ClFN3O9PS2/c1-12(2)36-18(31)14(4)27-38(39,34-8-9-40-20(32)22(5,6)7)35-11-15-16(29)23(24,25)19(37-15)28-10-13(3)17(30)26-21(28)33/h10,12,14-16,19,29H,8-9,11H2,1-7H3,(H,27,39)(H,26,30,33)/t14-,15+,16+,19+,23-,38-/m0/s1. The number of nitrogens with one attached hydrogen (secondary N) is 2. The number of aromatic nitrogens is 2. The number of hydrogen-bond acceptors (Lipinski definition) is 11. The molecule has 1 aliphatic heterocycles. The van der Waals surface area contributed by atoms with Gasteiger partial charge >= 0.3 is 11.7 Å². The number of aliphatic hydroxyl groups is 1. The summed E-state index contributed by atoms with van der Waals surface area (Å²) < 4.78 is 38.4. The van der Waals surface area contributed by atoms with Crippen LogP contribution in [-0.4, -0.2) is 74.2 Å². The number of aryl methyl sites for hydroxylation is 1. The Kier molecular flexibility index (Phi) is 12.2. The molecule has 1 saturated heterocycles.